The molecule has 0 bridgehead atoms. The summed E-state index contributed by atoms with van der Waals surface area (Å²) in [5.41, 5.74) is 9.20. The zero-order valence-electron chi connectivity index (χ0n) is 9.82. The average molecular weight is 220 g/mol. The monoisotopic (exact) mass is 220 g/mol. The van der Waals surface area contributed by atoms with Crippen molar-refractivity contribution >= 4 is 11.4 Å². The van der Waals surface area contributed by atoms with E-state index in [0.717, 1.165) is 37.3 Å². The van der Waals surface area contributed by atoms with E-state index in [1.165, 1.54) is 5.56 Å². The summed E-state index contributed by atoms with van der Waals surface area (Å²) in [5, 5.41) is 9.22. The number of aliphatic hydroxyl groups excluding tert-OH is 1. The summed E-state index contributed by atoms with van der Waals surface area (Å²) in [4.78, 5) is 2.30. The Labute approximate surface area is 96.9 Å². The second-order valence-corrected chi connectivity index (χ2v) is 4.70. The number of nitrogens with two attached hydrogens (primary N) is 1. The fourth-order valence-electron chi connectivity index (χ4n) is 2.36. The zero-order valence-corrected chi connectivity index (χ0v) is 9.82. The van der Waals surface area contributed by atoms with Gasteiger partial charge in [-0.25, -0.2) is 0 Å². The first-order valence-corrected chi connectivity index (χ1v) is 5.92. The summed E-state index contributed by atoms with van der Waals surface area (Å²) in [7, 11) is 0. The minimum Gasteiger partial charge on any atom is -0.397 e. The Kier molecular flexibility index (Phi) is 3.34. The largest absolute Gasteiger partial charge is 0.397 e. The quantitative estimate of drug-likeness (QED) is 0.747. The van der Waals surface area contributed by atoms with Crippen molar-refractivity contribution in [1.82, 2.24) is 0 Å². The Hall–Kier alpha value is -1.22. The summed E-state index contributed by atoms with van der Waals surface area (Å²) in [6.07, 6.45) is 2.26. The number of rotatable bonds is 2. The van der Waals surface area contributed by atoms with E-state index in [4.69, 9.17) is 5.73 Å². The maximum atomic E-state index is 9.22. The van der Waals surface area contributed by atoms with Crippen molar-refractivity contribution < 1.29 is 5.11 Å². The molecule has 1 aromatic carbocycles. The highest BCUT2D eigenvalue weighted by molar-refractivity contribution is 5.68. The van der Waals surface area contributed by atoms with Crippen LogP contribution in [0.4, 0.5) is 11.4 Å². The lowest BCUT2D eigenvalue weighted by atomic mass is 9.98. The van der Waals surface area contributed by atoms with Gasteiger partial charge in [0.05, 0.1) is 11.4 Å². The number of hydrogen-bond acceptors (Lipinski definition) is 3. The first kappa shape index (κ1) is 11.3. The molecule has 2 rings (SSSR count). The zero-order chi connectivity index (χ0) is 11.5. The molecule has 0 amide bonds. The fraction of sp³-hybridized carbons (Fsp3) is 0.538. The van der Waals surface area contributed by atoms with Crippen molar-refractivity contribution in [3.05, 3.63) is 23.8 Å². The number of piperidine rings is 1. The second kappa shape index (κ2) is 4.74. The Morgan fingerprint density at radius 3 is 3.06 bits per heavy atom. The van der Waals surface area contributed by atoms with Gasteiger partial charge in [-0.05, 0) is 43.4 Å². The molecule has 0 aliphatic carbocycles. The predicted molar refractivity (Wildman–Crippen MR) is 67.6 cm³/mol. The highest BCUT2D eigenvalue weighted by Crippen LogP contribution is 2.28. The maximum Gasteiger partial charge on any atom is 0.0602 e. The number of anilines is 2. The SMILES string of the molecule is Cc1ccc(N)c(N2CCCC(CO)C2)c1. The van der Waals surface area contributed by atoms with E-state index in [0.29, 0.717) is 5.92 Å². The molecule has 1 fully saturated rings. The van der Waals surface area contributed by atoms with E-state index in [9.17, 15) is 5.11 Å². The van der Waals surface area contributed by atoms with E-state index in [-0.39, 0.29) is 6.61 Å². The van der Waals surface area contributed by atoms with Crippen molar-refractivity contribution in [2.24, 2.45) is 5.92 Å². The van der Waals surface area contributed by atoms with Crippen molar-refractivity contribution in [2.45, 2.75) is 19.8 Å². The van der Waals surface area contributed by atoms with Gasteiger partial charge in [-0.1, -0.05) is 6.07 Å². The van der Waals surface area contributed by atoms with Crippen LogP contribution in [0.25, 0.3) is 0 Å². The van der Waals surface area contributed by atoms with Gasteiger partial charge in [0.15, 0.2) is 0 Å². The number of nitrogen functional groups attached to an aromatic ring is 1. The van der Waals surface area contributed by atoms with Crippen LogP contribution >= 0.6 is 0 Å². The molecular formula is C13H20N2O. The molecule has 0 aromatic heterocycles. The minimum atomic E-state index is 0.280. The van der Waals surface area contributed by atoms with Crippen LogP contribution in [0.5, 0.6) is 0 Å². The summed E-state index contributed by atoms with van der Waals surface area (Å²) >= 11 is 0. The van der Waals surface area contributed by atoms with Gasteiger partial charge in [0.2, 0.25) is 0 Å². The van der Waals surface area contributed by atoms with E-state index < -0.39 is 0 Å². The molecule has 0 saturated carbocycles. The first-order valence-electron chi connectivity index (χ1n) is 5.92. The average Bonchev–Trinajstić information content (AvgIpc) is 2.32. The number of aliphatic hydroxyl groups is 1. The van der Waals surface area contributed by atoms with Crippen molar-refractivity contribution in [2.75, 3.05) is 30.3 Å². The van der Waals surface area contributed by atoms with E-state index in [1.807, 2.05) is 12.1 Å². The van der Waals surface area contributed by atoms with Gasteiger partial charge < -0.3 is 15.7 Å². The molecule has 1 atom stereocenters. The Morgan fingerprint density at radius 2 is 2.31 bits per heavy atom. The topological polar surface area (TPSA) is 49.5 Å². The molecule has 1 aliphatic rings. The highest BCUT2D eigenvalue weighted by Gasteiger charge is 2.20. The van der Waals surface area contributed by atoms with E-state index >= 15 is 0 Å². The summed E-state index contributed by atoms with van der Waals surface area (Å²) in [5.74, 6) is 0.397. The summed E-state index contributed by atoms with van der Waals surface area (Å²) in [6.45, 7) is 4.33. The minimum absolute atomic E-state index is 0.280. The van der Waals surface area contributed by atoms with Crippen LogP contribution in [0.3, 0.4) is 0 Å². The van der Waals surface area contributed by atoms with Gasteiger partial charge in [-0.15, -0.1) is 0 Å². The Bertz CT molecular complexity index is 365. The normalized spacial score (nSPS) is 21.1. The van der Waals surface area contributed by atoms with Gasteiger partial charge in [0.25, 0.3) is 0 Å². The first-order chi connectivity index (χ1) is 7.70. The molecule has 1 heterocycles. The van der Waals surface area contributed by atoms with Crippen molar-refractivity contribution in [1.29, 1.82) is 0 Å². The molecular weight excluding hydrogens is 200 g/mol. The van der Waals surface area contributed by atoms with Gasteiger partial charge in [0, 0.05) is 19.7 Å². The number of nitrogens with zero attached hydrogens (tertiary/aromatic N) is 1. The molecule has 88 valence electrons. The number of hydrogen-bond donors (Lipinski definition) is 2. The molecule has 3 nitrogen and oxygen atoms in total. The van der Waals surface area contributed by atoms with Crippen LogP contribution < -0.4 is 10.6 Å². The molecule has 1 saturated heterocycles. The van der Waals surface area contributed by atoms with Gasteiger partial charge >= 0.3 is 0 Å². The Morgan fingerprint density at radius 1 is 1.50 bits per heavy atom. The molecule has 16 heavy (non-hydrogen) atoms. The van der Waals surface area contributed by atoms with Crippen molar-refractivity contribution in [3.8, 4) is 0 Å². The number of aryl methyl sites for hydroxylation is 1. The van der Waals surface area contributed by atoms with Crippen LogP contribution in [-0.4, -0.2) is 24.8 Å². The van der Waals surface area contributed by atoms with Gasteiger partial charge in [0.1, 0.15) is 0 Å². The third-order valence-electron chi connectivity index (χ3n) is 3.30. The van der Waals surface area contributed by atoms with Crippen LogP contribution in [-0.2, 0) is 0 Å². The van der Waals surface area contributed by atoms with Crippen molar-refractivity contribution in [3.63, 3.8) is 0 Å². The fourth-order valence-corrected chi connectivity index (χ4v) is 2.36. The van der Waals surface area contributed by atoms with E-state index in [2.05, 4.69) is 17.9 Å². The lowest BCUT2D eigenvalue weighted by molar-refractivity contribution is 0.209. The lowest BCUT2D eigenvalue weighted by Gasteiger charge is -2.34. The molecule has 0 radical (unpaired) electrons. The third-order valence-corrected chi connectivity index (χ3v) is 3.30. The van der Waals surface area contributed by atoms with Gasteiger partial charge in [-0.3, -0.25) is 0 Å². The van der Waals surface area contributed by atoms with E-state index in [1.54, 1.807) is 0 Å². The summed E-state index contributed by atoms with van der Waals surface area (Å²) in [6, 6.07) is 6.13. The molecule has 3 N–H and O–H groups in total. The maximum absolute atomic E-state index is 9.22. The molecule has 1 aliphatic heterocycles. The predicted octanol–water partition coefficient (Wildman–Crippen LogP) is 1.79. The van der Waals surface area contributed by atoms with Gasteiger partial charge in [-0.2, -0.15) is 0 Å². The van der Waals surface area contributed by atoms with Crippen LogP contribution in [0.1, 0.15) is 18.4 Å². The molecule has 3 heteroatoms. The lowest BCUT2D eigenvalue weighted by Crippen LogP contribution is -2.37. The highest BCUT2D eigenvalue weighted by atomic mass is 16.3. The third kappa shape index (κ3) is 2.30. The number of benzene rings is 1. The standard InChI is InChI=1S/C13H20N2O/c1-10-4-5-12(14)13(7-10)15-6-2-3-11(8-15)9-16/h4-5,7,11,16H,2-3,6,8-9,14H2,1H3. The van der Waals surface area contributed by atoms with Crippen LogP contribution in [0.15, 0.2) is 18.2 Å². The summed E-state index contributed by atoms with van der Waals surface area (Å²) < 4.78 is 0. The molecule has 1 aromatic rings. The van der Waals surface area contributed by atoms with Crippen LogP contribution in [0.2, 0.25) is 0 Å². The molecule has 1 unspecified atom stereocenters. The Balaban J connectivity index is 2.19. The molecule has 0 spiro atoms. The van der Waals surface area contributed by atoms with Crippen LogP contribution in [0, 0.1) is 12.8 Å². The smallest absolute Gasteiger partial charge is 0.0602 e. The second-order valence-electron chi connectivity index (χ2n) is 4.70.